The van der Waals surface area contributed by atoms with Crippen LogP contribution in [0.15, 0.2) is 30.3 Å². The Bertz CT molecular complexity index is 404. The van der Waals surface area contributed by atoms with Crippen LogP contribution < -0.4 is 0 Å². The van der Waals surface area contributed by atoms with Gasteiger partial charge in [0, 0.05) is 24.6 Å². The summed E-state index contributed by atoms with van der Waals surface area (Å²) in [5.74, 6) is 0.240. The number of carbonyl (C=O) groups excluding carboxylic acids is 1. The van der Waals surface area contributed by atoms with Crippen molar-refractivity contribution < 1.29 is 9.53 Å². The first-order valence-corrected chi connectivity index (χ1v) is 7.08. The standard InChI is InChI=1S/C16H23NO2/c1-13-15(10-12-19-13)17(2)11-6-9-16(18)14-7-4-3-5-8-14/h3-5,7-8,13,15H,6,9-12H2,1-2H3. The second kappa shape index (κ2) is 6.83. The van der Waals surface area contributed by atoms with Crippen molar-refractivity contribution in [1.82, 2.24) is 4.90 Å². The van der Waals surface area contributed by atoms with Gasteiger partial charge in [-0.15, -0.1) is 0 Å². The fourth-order valence-corrected chi connectivity index (χ4v) is 2.72. The number of ketones is 1. The highest BCUT2D eigenvalue weighted by Gasteiger charge is 2.27. The van der Waals surface area contributed by atoms with Crippen LogP contribution in [0.3, 0.4) is 0 Å². The molecular formula is C16H23NO2. The van der Waals surface area contributed by atoms with Crippen molar-refractivity contribution >= 4 is 5.78 Å². The molecule has 2 atom stereocenters. The number of hydrogen-bond donors (Lipinski definition) is 0. The zero-order valence-corrected chi connectivity index (χ0v) is 11.8. The molecule has 19 heavy (non-hydrogen) atoms. The molecule has 0 N–H and O–H groups in total. The van der Waals surface area contributed by atoms with Crippen molar-refractivity contribution in [2.45, 2.75) is 38.3 Å². The van der Waals surface area contributed by atoms with Gasteiger partial charge in [-0.05, 0) is 33.4 Å². The SMILES string of the molecule is CC1OCCC1N(C)CCCC(=O)c1ccccc1. The number of likely N-dealkylation sites (N-methyl/N-ethyl adjacent to an activating group) is 1. The first kappa shape index (κ1) is 14.2. The van der Waals surface area contributed by atoms with Crippen LogP contribution in [-0.4, -0.2) is 43.0 Å². The van der Waals surface area contributed by atoms with Crippen molar-refractivity contribution in [3.8, 4) is 0 Å². The third-order valence-electron chi connectivity index (χ3n) is 3.91. The van der Waals surface area contributed by atoms with Crippen LogP contribution >= 0.6 is 0 Å². The molecule has 3 heteroatoms. The maximum Gasteiger partial charge on any atom is 0.162 e. The number of hydrogen-bond acceptors (Lipinski definition) is 3. The van der Waals surface area contributed by atoms with Crippen molar-refractivity contribution in [3.05, 3.63) is 35.9 Å². The Morgan fingerprint density at radius 2 is 2.11 bits per heavy atom. The van der Waals surface area contributed by atoms with Crippen molar-refractivity contribution in [3.63, 3.8) is 0 Å². The van der Waals surface area contributed by atoms with Gasteiger partial charge in [0.05, 0.1) is 6.10 Å². The fraction of sp³-hybridized carbons (Fsp3) is 0.562. The summed E-state index contributed by atoms with van der Waals surface area (Å²) in [6.45, 7) is 3.94. The molecular weight excluding hydrogens is 238 g/mol. The molecule has 0 spiro atoms. The molecule has 0 saturated carbocycles. The minimum atomic E-state index is 0.240. The fourth-order valence-electron chi connectivity index (χ4n) is 2.72. The van der Waals surface area contributed by atoms with Gasteiger partial charge < -0.3 is 9.64 Å². The van der Waals surface area contributed by atoms with Crippen molar-refractivity contribution in [2.24, 2.45) is 0 Å². The number of ether oxygens (including phenoxy) is 1. The molecule has 0 aliphatic carbocycles. The highest BCUT2D eigenvalue weighted by Crippen LogP contribution is 2.18. The van der Waals surface area contributed by atoms with E-state index in [2.05, 4.69) is 18.9 Å². The first-order valence-electron chi connectivity index (χ1n) is 7.08. The van der Waals surface area contributed by atoms with E-state index in [4.69, 9.17) is 4.74 Å². The average Bonchev–Trinajstić information content (AvgIpc) is 2.86. The minimum Gasteiger partial charge on any atom is -0.377 e. The Morgan fingerprint density at radius 1 is 1.37 bits per heavy atom. The Morgan fingerprint density at radius 3 is 2.74 bits per heavy atom. The van der Waals surface area contributed by atoms with Crippen LogP contribution in [0.2, 0.25) is 0 Å². The lowest BCUT2D eigenvalue weighted by Gasteiger charge is -2.26. The molecule has 1 aliphatic rings. The summed E-state index contributed by atoms with van der Waals surface area (Å²) in [5, 5.41) is 0. The number of carbonyl (C=O) groups is 1. The molecule has 2 rings (SSSR count). The lowest BCUT2D eigenvalue weighted by Crippen LogP contribution is -2.37. The molecule has 0 aromatic heterocycles. The lowest BCUT2D eigenvalue weighted by atomic mass is 10.1. The smallest absolute Gasteiger partial charge is 0.162 e. The van der Waals surface area contributed by atoms with Gasteiger partial charge >= 0.3 is 0 Å². The predicted octanol–water partition coefficient (Wildman–Crippen LogP) is 2.76. The zero-order chi connectivity index (χ0) is 13.7. The van der Waals surface area contributed by atoms with E-state index in [1.54, 1.807) is 0 Å². The molecule has 1 aliphatic heterocycles. The number of Topliss-reactive ketones (excluding diaryl/α,β-unsaturated/α-hetero) is 1. The molecule has 3 nitrogen and oxygen atoms in total. The molecule has 0 amide bonds. The van der Waals surface area contributed by atoms with E-state index in [-0.39, 0.29) is 5.78 Å². The van der Waals surface area contributed by atoms with Crippen LogP contribution in [0.5, 0.6) is 0 Å². The zero-order valence-electron chi connectivity index (χ0n) is 11.8. The topological polar surface area (TPSA) is 29.5 Å². The summed E-state index contributed by atoms with van der Waals surface area (Å²) >= 11 is 0. The third-order valence-corrected chi connectivity index (χ3v) is 3.91. The van der Waals surface area contributed by atoms with E-state index in [1.807, 2.05) is 30.3 Å². The van der Waals surface area contributed by atoms with Crippen molar-refractivity contribution in [2.75, 3.05) is 20.2 Å². The second-order valence-electron chi connectivity index (χ2n) is 5.31. The van der Waals surface area contributed by atoms with Crippen LogP contribution in [-0.2, 0) is 4.74 Å². The highest BCUT2D eigenvalue weighted by atomic mass is 16.5. The van der Waals surface area contributed by atoms with E-state index in [1.165, 1.54) is 0 Å². The first-order chi connectivity index (χ1) is 9.18. The monoisotopic (exact) mass is 261 g/mol. The molecule has 0 radical (unpaired) electrons. The van der Waals surface area contributed by atoms with Gasteiger partial charge in [0.25, 0.3) is 0 Å². The van der Waals surface area contributed by atoms with Gasteiger partial charge in [0.1, 0.15) is 0 Å². The predicted molar refractivity (Wildman–Crippen MR) is 76.5 cm³/mol. The summed E-state index contributed by atoms with van der Waals surface area (Å²) in [7, 11) is 2.13. The van der Waals surface area contributed by atoms with Gasteiger partial charge in [0.2, 0.25) is 0 Å². The van der Waals surface area contributed by atoms with Gasteiger partial charge in [-0.3, -0.25) is 4.79 Å². The van der Waals surface area contributed by atoms with Crippen LogP contribution in [0.25, 0.3) is 0 Å². The second-order valence-corrected chi connectivity index (χ2v) is 5.31. The summed E-state index contributed by atoms with van der Waals surface area (Å²) in [5.41, 5.74) is 0.822. The molecule has 2 unspecified atom stereocenters. The quantitative estimate of drug-likeness (QED) is 0.737. The summed E-state index contributed by atoms with van der Waals surface area (Å²) in [6, 6.07) is 10.0. The van der Waals surface area contributed by atoms with E-state index < -0.39 is 0 Å². The molecule has 1 aromatic rings. The number of nitrogens with zero attached hydrogens (tertiary/aromatic N) is 1. The Balaban J connectivity index is 1.73. The summed E-state index contributed by atoms with van der Waals surface area (Å²) in [4.78, 5) is 14.3. The number of rotatable bonds is 6. The molecule has 1 heterocycles. The number of benzene rings is 1. The molecule has 1 fully saturated rings. The largest absolute Gasteiger partial charge is 0.377 e. The highest BCUT2D eigenvalue weighted by molar-refractivity contribution is 5.95. The molecule has 104 valence electrons. The molecule has 1 aromatic carbocycles. The molecule has 1 saturated heterocycles. The van der Waals surface area contributed by atoms with Gasteiger partial charge in [-0.1, -0.05) is 30.3 Å². The summed E-state index contributed by atoms with van der Waals surface area (Å²) < 4.78 is 5.57. The Labute approximate surface area is 115 Å². The molecule has 0 bridgehead atoms. The van der Waals surface area contributed by atoms with E-state index in [0.717, 1.165) is 31.6 Å². The minimum absolute atomic E-state index is 0.240. The Kier molecular flexibility index (Phi) is 5.11. The maximum absolute atomic E-state index is 12.0. The third kappa shape index (κ3) is 3.88. The average molecular weight is 261 g/mol. The van der Waals surface area contributed by atoms with Crippen molar-refractivity contribution in [1.29, 1.82) is 0 Å². The van der Waals surface area contributed by atoms with E-state index in [9.17, 15) is 4.79 Å². The normalized spacial score (nSPS) is 22.9. The van der Waals surface area contributed by atoms with Crippen LogP contribution in [0.1, 0.15) is 36.5 Å². The van der Waals surface area contributed by atoms with Gasteiger partial charge in [-0.25, -0.2) is 0 Å². The summed E-state index contributed by atoms with van der Waals surface area (Å²) in [6.07, 6.45) is 2.95. The van der Waals surface area contributed by atoms with Gasteiger partial charge in [0.15, 0.2) is 5.78 Å². The van der Waals surface area contributed by atoms with E-state index in [0.29, 0.717) is 18.6 Å². The Hall–Kier alpha value is -1.19. The van der Waals surface area contributed by atoms with Crippen LogP contribution in [0, 0.1) is 0 Å². The van der Waals surface area contributed by atoms with E-state index >= 15 is 0 Å². The van der Waals surface area contributed by atoms with Crippen LogP contribution in [0.4, 0.5) is 0 Å². The lowest BCUT2D eigenvalue weighted by molar-refractivity contribution is 0.0821. The van der Waals surface area contributed by atoms with Gasteiger partial charge in [-0.2, -0.15) is 0 Å². The maximum atomic E-state index is 12.0.